The van der Waals surface area contributed by atoms with E-state index in [1.807, 2.05) is 12.1 Å². The first-order valence-electron chi connectivity index (χ1n) is 9.55. The molecule has 0 saturated carbocycles. The molecule has 0 aliphatic heterocycles. The monoisotopic (exact) mass is 414 g/mol. The van der Waals surface area contributed by atoms with Gasteiger partial charge in [-0.3, -0.25) is 4.74 Å². The van der Waals surface area contributed by atoms with E-state index in [1.165, 1.54) is 29.8 Å². The van der Waals surface area contributed by atoms with Gasteiger partial charge in [0.1, 0.15) is 5.75 Å². The van der Waals surface area contributed by atoms with Crippen LogP contribution in [0.15, 0.2) is 72.8 Å². The van der Waals surface area contributed by atoms with Gasteiger partial charge >= 0.3 is 12.3 Å². The number of alkyl halides is 3. The second-order valence-corrected chi connectivity index (χ2v) is 6.79. The van der Waals surface area contributed by atoms with Crippen molar-refractivity contribution in [3.63, 3.8) is 0 Å². The van der Waals surface area contributed by atoms with E-state index >= 15 is 0 Å². The molecule has 0 spiro atoms. The zero-order chi connectivity index (χ0) is 21.6. The van der Waals surface area contributed by atoms with Crippen molar-refractivity contribution in [1.82, 2.24) is 0 Å². The summed E-state index contributed by atoms with van der Waals surface area (Å²) in [5.74, 6) is -0.203. The van der Waals surface area contributed by atoms with Crippen molar-refractivity contribution in [3.05, 3.63) is 89.5 Å². The Labute approximate surface area is 173 Å². The van der Waals surface area contributed by atoms with Gasteiger partial charge in [-0.2, -0.15) is 0 Å². The molecule has 0 atom stereocenters. The Hall–Kier alpha value is -3.12. The average Bonchev–Trinajstić information content (AvgIpc) is 2.73. The molecule has 0 bridgehead atoms. The molecule has 0 saturated heterocycles. The van der Waals surface area contributed by atoms with Crippen LogP contribution in [-0.4, -0.2) is 12.3 Å². The molecule has 0 N–H and O–H groups in total. The molecule has 0 aliphatic carbocycles. The van der Waals surface area contributed by atoms with Crippen LogP contribution in [0.25, 0.3) is 11.1 Å². The van der Waals surface area contributed by atoms with Crippen LogP contribution < -0.4 is 4.74 Å². The van der Waals surface area contributed by atoms with Gasteiger partial charge in [-0.15, -0.1) is 13.2 Å². The lowest BCUT2D eigenvalue weighted by molar-refractivity contribution is -0.330. The second-order valence-electron chi connectivity index (χ2n) is 6.79. The lowest BCUT2D eigenvalue weighted by Gasteiger charge is -2.09. The molecule has 0 unspecified atom stereocenters. The molecule has 0 amide bonds. The van der Waals surface area contributed by atoms with Crippen molar-refractivity contribution < 1.29 is 27.4 Å². The highest BCUT2D eigenvalue weighted by Crippen LogP contribution is 2.24. The Balaban J connectivity index is 1.60. The number of halogens is 3. The summed E-state index contributed by atoms with van der Waals surface area (Å²) in [5.41, 5.74) is 3.92. The number of carbonyl (C=O) groups is 1. The van der Waals surface area contributed by atoms with Crippen molar-refractivity contribution in [2.45, 2.75) is 32.7 Å². The van der Waals surface area contributed by atoms with Gasteiger partial charge in [-0.05, 0) is 52.9 Å². The van der Waals surface area contributed by atoms with Crippen LogP contribution in [0.2, 0.25) is 0 Å². The van der Waals surface area contributed by atoms with E-state index < -0.39 is 18.9 Å². The number of hydrogen-bond donors (Lipinski definition) is 0. The maximum absolute atomic E-state index is 12.3. The summed E-state index contributed by atoms with van der Waals surface area (Å²) in [4.78, 5) is 12.3. The molecule has 30 heavy (non-hydrogen) atoms. The molecule has 0 fully saturated rings. The molecule has 0 aromatic heterocycles. The Morgan fingerprint density at radius 3 is 1.87 bits per heavy atom. The highest BCUT2D eigenvalue weighted by molar-refractivity contribution is 5.91. The first-order chi connectivity index (χ1) is 14.3. The smallest absolute Gasteiger partial charge is 0.423 e. The summed E-state index contributed by atoms with van der Waals surface area (Å²) >= 11 is 0. The van der Waals surface area contributed by atoms with Gasteiger partial charge in [-0.25, -0.2) is 4.79 Å². The Morgan fingerprint density at radius 1 is 0.800 bits per heavy atom. The van der Waals surface area contributed by atoms with E-state index in [4.69, 9.17) is 4.74 Å². The van der Waals surface area contributed by atoms with Gasteiger partial charge < -0.3 is 4.74 Å². The van der Waals surface area contributed by atoms with Crippen molar-refractivity contribution in [2.24, 2.45) is 0 Å². The number of carbonyl (C=O) groups excluding carboxylic acids is 1. The third-order valence-corrected chi connectivity index (χ3v) is 4.48. The van der Waals surface area contributed by atoms with Gasteiger partial charge in [0.2, 0.25) is 0 Å². The van der Waals surface area contributed by atoms with Gasteiger partial charge in [-0.1, -0.05) is 61.9 Å². The fourth-order valence-corrected chi connectivity index (χ4v) is 2.94. The minimum absolute atomic E-state index is 0.237. The Morgan fingerprint density at radius 2 is 1.33 bits per heavy atom. The number of aryl methyl sites for hydroxylation is 1. The van der Waals surface area contributed by atoms with Gasteiger partial charge in [0.15, 0.2) is 0 Å². The number of hydrogen-bond acceptors (Lipinski definition) is 3. The summed E-state index contributed by atoms with van der Waals surface area (Å²) in [7, 11) is 0. The third kappa shape index (κ3) is 6.19. The van der Waals surface area contributed by atoms with Crippen molar-refractivity contribution >= 4 is 5.97 Å². The maximum Gasteiger partial charge on any atom is 0.522 e. The van der Waals surface area contributed by atoms with Crippen LogP contribution in [-0.2, 0) is 17.8 Å². The van der Waals surface area contributed by atoms with Crippen LogP contribution in [0.4, 0.5) is 13.2 Å². The highest BCUT2D eigenvalue weighted by Gasteiger charge is 2.28. The Kier molecular flexibility index (Phi) is 6.90. The molecular weight excluding hydrogens is 393 g/mol. The average molecular weight is 414 g/mol. The minimum Gasteiger partial charge on any atom is -0.423 e. The van der Waals surface area contributed by atoms with Crippen LogP contribution in [0.3, 0.4) is 0 Å². The van der Waals surface area contributed by atoms with E-state index in [2.05, 4.69) is 35.9 Å². The van der Waals surface area contributed by atoms with Crippen molar-refractivity contribution in [1.29, 1.82) is 0 Å². The summed E-state index contributed by atoms with van der Waals surface area (Å²) in [6.07, 6.45) is -2.55. The summed E-state index contributed by atoms with van der Waals surface area (Å²) in [6.45, 7) is 1.53. The lowest BCUT2D eigenvalue weighted by atomic mass is 10.0. The predicted octanol–water partition coefficient (Wildman–Crippen LogP) is 6.56. The molecule has 3 rings (SSSR count). The fraction of sp³-hybridized carbons (Fsp3) is 0.208. The van der Waals surface area contributed by atoms with Crippen LogP contribution in [0.5, 0.6) is 5.75 Å². The molecule has 0 radical (unpaired) electrons. The number of ether oxygens (including phenoxy) is 2. The van der Waals surface area contributed by atoms with Crippen LogP contribution in [0, 0.1) is 0 Å². The first-order valence-corrected chi connectivity index (χ1v) is 9.55. The zero-order valence-corrected chi connectivity index (χ0v) is 16.4. The normalized spacial score (nSPS) is 11.3. The minimum atomic E-state index is -4.69. The van der Waals surface area contributed by atoms with Gasteiger partial charge in [0.25, 0.3) is 0 Å². The standard InChI is InChI=1S/C24H21F3O3/c1-2-3-17-4-8-19(9-5-17)20-12-14-22(15-13-20)30-23(28)21-10-6-18(7-11-21)16-29-24(25,26)27/h4-15H,2-3,16H2,1H3. The van der Waals surface area contributed by atoms with E-state index in [0.29, 0.717) is 11.3 Å². The molecule has 6 heteroatoms. The number of benzene rings is 3. The lowest BCUT2D eigenvalue weighted by Crippen LogP contribution is -2.13. The van der Waals surface area contributed by atoms with Crippen molar-refractivity contribution in [2.75, 3.05) is 0 Å². The quantitative estimate of drug-likeness (QED) is 0.324. The molecule has 3 nitrogen and oxygen atoms in total. The SMILES string of the molecule is CCCc1ccc(-c2ccc(OC(=O)c3ccc(COC(F)(F)F)cc3)cc2)cc1. The molecule has 0 aliphatic rings. The third-order valence-electron chi connectivity index (χ3n) is 4.48. The number of rotatable bonds is 7. The van der Waals surface area contributed by atoms with Crippen LogP contribution in [0.1, 0.15) is 34.8 Å². The molecule has 156 valence electrons. The topological polar surface area (TPSA) is 35.5 Å². The Bertz CT molecular complexity index is 961. The zero-order valence-electron chi connectivity index (χ0n) is 16.4. The second kappa shape index (κ2) is 9.59. The van der Waals surface area contributed by atoms with Gasteiger partial charge in [0.05, 0.1) is 12.2 Å². The van der Waals surface area contributed by atoms with E-state index in [0.717, 1.165) is 24.0 Å². The summed E-state index contributed by atoms with van der Waals surface area (Å²) < 4.78 is 45.3. The summed E-state index contributed by atoms with van der Waals surface area (Å²) in [6, 6.07) is 21.1. The maximum atomic E-state index is 12.3. The molecular formula is C24H21F3O3. The van der Waals surface area contributed by atoms with Crippen molar-refractivity contribution in [3.8, 4) is 16.9 Å². The van der Waals surface area contributed by atoms with E-state index in [1.54, 1.807) is 12.1 Å². The first kappa shape index (κ1) is 21.6. The predicted molar refractivity (Wildman–Crippen MR) is 108 cm³/mol. The van der Waals surface area contributed by atoms with E-state index in [9.17, 15) is 18.0 Å². The molecule has 3 aromatic carbocycles. The highest BCUT2D eigenvalue weighted by atomic mass is 19.4. The fourth-order valence-electron chi connectivity index (χ4n) is 2.94. The van der Waals surface area contributed by atoms with Crippen LogP contribution >= 0.6 is 0 Å². The molecule has 3 aromatic rings. The van der Waals surface area contributed by atoms with E-state index in [-0.39, 0.29) is 5.56 Å². The summed E-state index contributed by atoms with van der Waals surface area (Å²) in [5, 5.41) is 0. The number of esters is 1. The molecule has 0 heterocycles. The van der Waals surface area contributed by atoms with Gasteiger partial charge in [0, 0.05) is 0 Å². The largest absolute Gasteiger partial charge is 0.522 e.